The molecule has 0 saturated carbocycles. The van der Waals surface area contributed by atoms with Crippen molar-refractivity contribution in [3.8, 4) is 0 Å². The van der Waals surface area contributed by atoms with E-state index in [1.165, 1.54) is 0 Å². The van der Waals surface area contributed by atoms with Crippen molar-refractivity contribution in [3.63, 3.8) is 0 Å². The summed E-state index contributed by atoms with van der Waals surface area (Å²) in [5.74, 6) is -0.569. The average Bonchev–Trinajstić information content (AvgIpc) is 2.33. The van der Waals surface area contributed by atoms with Crippen molar-refractivity contribution in [1.29, 1.82) is 0 Å². The number of aliphatic carboxylic acids is 1. The Balaban J connectivity index is 2.50. The van der Waals surface area contributed by atoms with Crippen LogP contribution in [0.25, 0.3) is 0 Å². The second-order valence-electron chi connectivity index (χ2n) is 4.93. The molecule has 0 spiro atoms. The normalized spacial score (nSPS) is 23.9. The number of carbonyl (C=O) groups is 2. The molecular formula is C12H23N3O3. The zero-order chi connectivity index (χ0) is 13.5. The molecule has 0 aromatic rings. The van der Waals surface area contributed by atoms with Crippen LogP contribution in [0.15, 0.2) is 0 Å². The molecule has 0 bridgehead atoms. The molecule has 18 heavy (non-hydrogen) atoms. The molecule has 2 unspecified atom stereocenters. The lowest BCUT2D eigenvalue weighted by Gasteiger charge is -2.37. The molecule has 1 rings (SSSR count). The summed E-state index contributed by atoms with van der Waals surface area (Å²) in [4.78, 5) is 23.5. The van der Waals surface area contributed by atoms with Crippen LogP contribution in [-0.2, 0) is 4.79 Å². The van der Waals surface area contributed by atoms with E-state index in [0.717, 1.165) is 19.4 Å². The van der Waals surface area contributed by atoms with E-state index in [1.54, 1.807) is 4.90 Å². The number of hydrogen-bond acceptors (Lipinski definition) is 3. The van der Waals surface area contributed by atoms with Crippen LogP contribution in [0.5, 0.6) is 0 Å². The molecule has 1 aliphatic heterocycles. The second kappa shape index (κ2) is 7.20. The highest BCUT2D eigenvalue weighted by Gasteiger charge is 2.28. The molecule has 0 aromatic carbocycles. The van der Waals surface area contributed by atoms with Crippen molar-refractivity contribution in [1.82, 2.24) is 10.2 Å². The van der Waals surface area contributed by atoms with E-state index in [2.05, 4.69) is 12.2 Å². The van der Waals surface area contributed by atoms with Gasteiger partial charge in [-0.2, -0.15) is 0 Å². The fourth-order valence-electron chi connectivity index (χ4n) is 2.42. The standard InChI is InChI=1S/C12H23N3O3/c1-2-5-14-10-6-9(3-4-11(16)17)7-15(8-10)12(13)18/h9-10,14H,2-8H2,1H3,(H2,13,18)(H,16,17). The molecule has 6 nitrogen and oxygen atoms in total. The van der Waals surface area contributed by atoms with Crippen LogP contribution in [0.3, 0.4) is 0 Å². The minimum atomic E-state index is -0.788. The van der Waals surface area contributed by atoms with E-state index in [4.69, 9.17) is 10.8 Å². The summed E-state index contributed by atoms with van der Waals surface area (Å²) >= 11 is 0. The summed E-state index contributed by atoms with van der Waals surface area (Å²) < 4.78 is 0. The number of carbonyl (C=O) groups excluding carboxylic acids is 1. The van der Waals surface area contributed by atoms with Gasteiger partial charge < -0.3 is 21.1 Å². The van der Waals surface area contributed by atoms with Crippen molar-refractivity contribution in [2.75, 3.05) is 19.6 Å². The van der Waals surface area contributed by atoms with Gasteiger partial charge in [0.25, 0.3) is 0 Å². The van der Waals surface area contributed by atoms with E-state index < -0.39 is 12.0 Å². The fraction of sp³-hybridized carbons (Fsp3) is 0.833. The predicted molar refractivity (Wildman–Crippen MR) is 68.2 cm³/mol. The van der Waals surface area contributed by atoms with Gasteiger partial charge in [-0.05, 0) is 31.7 Å². The maximum absolute atomic E-state index is 11.3. The SMILES string of the molecule is CCCNC1CC(CCC(=O)O)CN(C(N)=O)C1. The van der Waals surface area contributed by atoms with Crippen molar-refractivity contribution in [2.45, 2.75) is 38.6 Å². The number of hydrogen-bond donors (Lipinski definition) is 3. The van der Waals surface area contributed by atoms with Gasteiger partial charge in [0.1, 0.15) is 0 Å². The number of nitrogens with one attached hydrogen (secondary N) is 1. The summed E-state index contributed by atoms with van der Waals surface area (Å²) in [6.45, 7) is 4.19. The van der Waals surface area contributed by atoms with Gasteiger partial charge in [-0.3, -0.25) is 4.79 Å². The number of nitrogens with zero attached hydrogens (tertiary/aromatic N) is 1. The van der Waals surface area contributed by atoms with Gasteiger partial charge in [-0.1, -0.05) is 6.92 Å². The quantitative estimate of drug-likeness (QED) is 0.650. The summed E-state index contributed by atoms with van der Waals surface area (Å²) in [5.41, 5.74) is 5.32. The Bertz CT molecular complexity index is 296. The largest absolute Gasteiger partial charge is 0.481 e. The van der Waals surface area contributed by atoms with Gasteiger partial charge in [0, 0.05) is 25.6 Å². The Kier molecular flexibility index (Phi) is 5.91. The Morgan fingerprint density at radius 2 is 2.17 bits per heavy atom. The van der Waals surface area contributed by atoms with Crippen LogP contribution < -0.4 is 11.1 Å². The van der Waals surface area contributed by atoms with Gasteiger partial charge in [0.15, 0.2) is 0 Å². The van der Waals surface area contributed by atoms with E-state index in [0.29, 0.717) is 19.5 Å². The van der Waals surface area contributed by atoms with E-state index in [1.807, 2.05) is 0 Å². The van der Waals surface area contributed by atoms with Crippen LogP contribution in [-0.4, -0.2) is 47.7 Å². The molecule has 104 valence electrons. The summed E-state index contributed by atoms with van der Waals surface area (Å²) in [5, 5.41) is 12.1. The second-order valence-corrected chi connectivity index (χ2v) is 4.93. The lowest BCUT2D eigenvalue weighted by Crippen LogP contribution is -2.53. The van der Waals surface area contributed by atoms with E-state index >= 15 is 0 Å². The molecule has 0 aromatic heterocycles. The maximum Gasteiger partial charge on any atom is 0.314 e. The summed E-state index contributed by atoms with van der Waals surface area (Å²) in [7, 11) is 0. The van der Waals surface area contributed by atoms with Crippen LogP contribution in [0.4, 0.5) is 4.79 Å². The zero-order valence-corrected chi connectivity index (χ0v) is 10.9. The van der Waals surface area contributed by atoms with Crippen molar-refractivity contribution < 1.29 is 14.7 Å². The number of carboxylic acid groups (broad SMARTS) is 1. The molecule has 1 aliphatic rings. The van der Waals surface area contributed by atoms with Crippen LogP contribution >= 0.6 is 0 Å². The third kappa shape index (κ3) is 4.91. The minimum Gasteiger partial charge on any atom is -0.481 e. The molecule has 1 saturated heterocycles. The average molecular weight is 257 g/mol. The number of urea groups is 1. The Labute approximate surface area is 108 Å². The Morgan fingerprint density at radius 1 is 1.44 bits per heavy atom. The molecule has 0 aliphatic carbocycles. The number of primary amides is 1. The first kappa shape index (κ1) is 14.8. The number of piperidine rings is 1. The molecule has 0 radical (unpaired) electrons. The number of rotatable bonds is 6. The predicted octanol–water partition coefficient (Wildman–Crippen LogP) is 0.620. The maximum atomic E-state index is 11.3. The highest BCUT2D eigenvalue weighted by atomic mass is 16.4. The van der Waals surface area contributed by atoms with Crippen LogP contribution in [0.2, 0.25) is 0 Å². The highest BCUT2D eigenvalue weighted by molar-refractivity contribution is 5.72. The first-order chi connectivity index (χ1) is 8.52. The molecule has 1 heterocycles. The molecule has 6 heteroatoms. The fourth-order valence-corrected chi connectivity index (χ4v) is 2.42. The van der Waals surface area contributed by atoms with Gasteiger partial charge >= 0.3 is 12.0 Å². The molecule has 2 amide bonds. The van der Waals surface area contributed by atoms with Crippen molar-refractivity contribution in [2.24, 2.45) is 11.7 Å². The molecule has 1 fully saturated rings. The zero-order valence-electron chi connectivity index (χ0n) is 10.9. The summed E-state index contributed by atoms with van der Waals surface area (Å²) in [6.07, 6.45) is 2.70. The van der Waals surface area contributed by atoms with Crippen LogP contribution in [0.1, 0.15) is 32.6 Å². The molecular weight excluding hydrogens is 234 g/mol. The minimum absolute atomic E-state index is 0.151. The van der Waals surface area contributed by atoms with E-state index in [-0.39, 0.29) is 18.4 Å². The molecule has 2 atom stereocenters. The highest BCUT2D eigenvalue weighted by Crippen LogP contribution is 2.21. The Hall–Kier alpha value is -1.30. The topological polar surface area (TPSA) is 95.7 Å². The first-order valence-corrected chi connectivity index (χ1v) is 6.52. The van der Waals surface area contributed by atoms with Gasteiger partial charge in [0.2, 0.25) is 0 Å². The van der Waals surface area contributed by atoms with Crippen molar-refractivity contribution in [3.05, 3.63) is 0 Å². The smallest absolute Gasteiger partial charge is 0.314 e. The molecule has 4 N–H and O–H groups in total. The number of nitrogens with two attached hydrogens (primary N) is 1. The van der Waals surface area contributed by atoms with Crippen LogP contribution in [0, 0.1) is 5.92 Å². The number of amides is 2. The van der Waals surface area contributed by atoms with E-state index in [9.17, 15) is 9.59 Å². The monoisotopic (exact) mass is 257 g/mol. The van der Waals surface area contributed by atoms with Gasteiger partial charge in [-0.25, -0.2) is 4.79 Å². The first-order valence-electron chi connectivity index (χ1n) is 6.52. The lowest BCUT2D eigenvalue weighted by atomic mass is 9.90. The number of carboxylic acids is 1. The van der Waals surface area contributed by atoms with Gasteiger partial charge in [0.05, 0.1) is 0 Å². The third-order valence-corrected chi connectivity index (χ3v) is 3.30. The lowest BCUT2D eigenvalue weighted by molar-refractivity contribution is -0.137. The summed E-state index contributed by atoms with van der Waals surface area (Å²) in [6, 6.07) is -0.191. The van der Waals surface area contributed by atoms with Gasteiger partial charge in [-0.15, -0.1) is 0 Å². The number of likely N-dealkylation sites (tertiary alicyclic amines) is 1. The third-order valence-electron chi connectivity index (χ3n) is 3.30. The Morgan fingerprint density at radius 3 is 2.72 bits per heavy atom. The van der Waals surface area contributed by atoms with Crippen molar-refractivity contribution >= 4 is 12.0 Å².